The molecule has 0 aliphatic rings. The van der Waals surface area contributed by atoms with Crippen LogP contribution in [0.3, 0.4) is 0 Å². The molecule has 0 saturated carbocycles. The van der Waals surface area contributed by atoms with E-state index in [0.29, 0.717) is 0 Å². The van der Waals surface area contributed by atoms with Gasteiger partial charge in [0.2, 0.25) is 0 Å². The van der Waals surface area contributed by atoms with Crippen molar-refractivity contribution in [3.8, 4) is 0 Å². The van der Waals surface area contributed by atoms with Crippen LogP contribution in [0.5, 0.6) is 0 Å². The third kappa shape index (κ3) is 5.94. The molecule has 4 amide bonds. The van der Waals surface area contributed by atoms with Crippen LogP contribution in [0.2, 0.25) is 0 Å². The fraction of sp³-hybridized carbons (Fsp3) is 0. The van der Waals surface area contributed by atoms with Crippen LogP contribution in [0.4, 0.5) is 14.4 Å². The number of rotatable bonds is 0. The van der Waals surface area contributed by atoms with Crippen molar-refractivity contribution in [1.29, 1.82) is 0 Å². The normalized spacial score (nSPS) is 8.00. The number of hydrazine groups is 1. The lowest BCUT2D eigenvalue weighted by Crippen LogP contribution is -2.45. The van der Waals surface area contributed by atoms with Crippen LogP contribution in [0, 0.1) is 0 Å². The van der Waals surface area contributed by atoms with Gasteiger partial charge in [-0.3, -0.25) is 0 Å². The van der Waals surface area contributed by atoms with Gasteiger partial charge in [-0.1, -0.05) is 0 Å². The van der Waals surface area contributed by atoms with E-state index >= 15 is 0 Å². The summed E-state index contributed by atoms with van der Waals surface area (Å²) >= 11 is 0. The molecular weight excluding hydrogens is 172 g/mol. The first kappa shape index (κ1) is 9.81. The van der Waals surface area contributed by atoms with E-state index < -0.39 is 18.2 Å². The van der Waals surface area contributed by atoms with Gasteiger partial charge in [-0.2, -0.15) is 0 Å². The molecule has 0 bridgehead atoms. The highest BCUT2D eigenvalue weighted by molar-refractivity contribution is 5.76. The van der Waals surface area contributed by atoms with Crippen molar-refractivity contribution in [2.75, 3.05) is 0 Å². The SMILES string of the molecule is NC(=O)NNC(=O)OOC(N)=O. The average Bonchev–Trinajstić information content (AvgIpc) is 1.96. The minimum absolute atomic E-state index is 1.01. The maximum absolute atomic E-state index is 10.3. The van der Waals surface area contributed by atoms with E-state index in [0.717, 1.165) is 0 Å². The van der Waals surface area contributed by atoms with E-state index in [1.54, 1.807) is 10.9 Å². The molecule has 0 aliphatic heterocycles. The molecule has 68 valence electrons. The van der Waals surface area contributed by atoms with Crippen LogP contribution < -0.4 is 22.3 Å². The molecule has 6 N–H and O–H groups in total. The second-order valence-corrected chi connectivity index (χ2v) is 1.39. The zero-order chi connectivity index (χ0) is 9.56. The van der Waals surface area contributed by atoms with Crippen molar-refractivity contribution in [1.82, 2.24) is 10.9 Å². The first-order chi connectivity index (χ1) is 5.52. The maximum Gasteiger partial charge on any atom is 0.468 e. The molecule has 0 atom stereocenters. The lowest BCUT2D eigenvalue weighted by atomic mass is 11.1. The summed E-state index contributed by atoms with van der Waals surface area (Å²) in [5.74, 6) is 0. The minimum Gasteiger partial charge on any atom is -0.350 e. The van der Waals surface area contributed by atoms with Gasteiger partial charge in [0.1, 0.15) is 0 Å². The topological polar surface area (TPSA) is 146 Å². The summed E-state index contributed by atoms with van der Waals surface area (Å²) in [6.45, 7) is 0. The fourth-order valence-corrected chi connectivity index (χ4v) is 0.212. The van der Waals surface area contributed by atoms with E-state index in [2.05, 4.69) is 21.2 Å². The lowest BCUT2D eigenvalue weighted by molar-refractivity contribution is -0.176. The Kier molecular flexibility index (Phi) is 3.76. The van der Waals surface area contributed by atoms with Crippen LogP contribution in [0.15, 0.2) is 0 Å². The number of hydrogen-bond donors (Lipinski definition) is 4. The van der Waals surface area contributed by atoms with Gasteiger partial charge in [-0.25, -0.2) is 35.0 Å². The van der Waals surface area contributed by atoms with Gasteiger partial charge in [-0.05, 0) is 0 Å². The molecule has 0 fully saturated rings. The third-order valence-electron chi connectivity index (χ3n) is 0.487. The molecule has 0 spiro atoms. The van der Waals surface area contributed by atoms with Crippen LogP contribution in [-0.2, 0) is 9.78 Å². The monoisotopic (exact) mass is 178 g/mol. The molecule has 0 heterocycles. The summed E-state index contributed by atoms with van der Waals surface area (Å²) in [5.41, 5.74) is 12.2. The van der Waals surface area contributed by atoms with Crippen LogP contribution in [0.25, 0.3) is 0 Å². The molecule has 0 aromatic heterocycles. The molecule has 9 heteroatoms. The minimum atomic E-state index is -1.30. The number of amides is 4. The Labute approximate surface area is 65.9 Å². The first-order valence-corrected chi connectivity index (χ1v) is 2.51. The maximum atomic E-state index is 10.3. The molecule has 0 unspecified atom stereocenters. The van der Waals surface area contributed by atoms with Crippen molar-refractivity contribution in [2.24, 2.45) is 11.5 Å². The van der Waals surface area contributed by atoms with Crippen LogP contribution >= 0.6 is 0 Å². The van der Waals surface area contributed by atoms with Crippen molar-refractivity contribution in [3.63, 3.8) is 0 Å². The summed E-state index contributed by atoms with van der Waals surface area (Å²) in [4.78, 5) is 37.3. The fourth-order valence-electron chi connectivity index (χ4n) is 0.212. The van der Waals surface area contributed by atoms with Crippen molar-refractivity contribution < 1.29 is 24.2 Å². The molecule has 0 saturated heterocycles. The number of nitrogens with two attached hydrogens (primary N) is 2. The Morgan fingerprint density at radius 3 is 2.00 bits per heavy atom. The number of urea groups is 1. The third-order valence-corrected chi connectivity index (χ3v) is 0.487. The van der Waals surface area contributed by atoms with Crippen molar-refractivity contribution in [3.05, 3.63) is 0 Å². The van der Waals surface area contributed by atoms with Gasteiger partial charge in [0.25, 0.3) is 0 Å². The molecule has 0 aromatic rings. The predicted molar refractivity (Wildman–Crippen MR) is 33.0 cm³/mol. The average molecular weight is 178 g/mol. The highest BCUT2D eigenvalue weighted by Crippen LogP contribution is 1.77. The Balaban J connectivity index is 3.47. The first-order valence-electron chi connectivity index (χ1n) is 2.51. The van der Waals surface area contributed by atoms with E-state index in [9.17, 15) is 14.4 Å². The zero-order valence-corrected chi connectivity index (χ0v) is 5.70. The van der Waals surface area contributed by atoms with E-state index in [-0.39, 0.29) is 0 Å². The highest BCUT2D eigenvalue weighted by Gasteiger charge is 2.05. The Morgan fingerprint density at radius 2 is 1.58 bits per heavy atom. The molecular formula is C3H6N4O5. The lowest BCUT2D eigenvalue weighted by Gasteiger charge is -2.02. The second kappa shape index (κ2) is 4.60. The molecule has 0 aromatic carbocycles. The number of hydrogen-bond acceptors (Lipinski definition) is 5. The van der Waals surface area contributed by atoms with E-state index in [1.807, 2.05) is 0 Å². The predicted octanol–water partition coefficient (Wildman–Crippen LogP) is -1.69. The number of carbonyl (C=O) groups is 3. The van der Waals surface area contributed by atoms with Gasteiger partial charge >= 0.3 is 18.2 Å². The number of nitrogens with one attached hydrogen (secondary N) is 2. The molecule has 0 aliphatic carbocycles. The van der Waals surface area contributed by atoms with E-state index in [1.165, 1.54) is 0 Å². The summed E-state index contributed by atoms with van der Waals surface area (Å²) in [6, 6.07) is -1.01. The molecule has 12 heavy (non-hydrogen) atoms. The number of carbonyl (C=O) groups excluding carboxylic acids is 3. The largest absolute Gasteiger partial charge is 0.468 e. The van der Waals surface area contributed by atoms with Gasteiger partial charge < -0.3 is 11.5 Å². The molecule has 9 nitrogen and oxygen atoms in total. The summed E-state index contributed by atoms with van der Waals surface area (Å²) in [5, 5.41) is 0. The zero-order valence-electron chi connectivity index (χ0n) is 5.70. The summed E-state index contributed by atoms with van der Waals surface area (Å²) in [6.07, 6.45) is -2.54. The van der Waals surface area contributed by atoms with Crippen molar-refractivity contribution >= 4 is 18.2 Å². The standard InChI is InChI=1S/C3H6N4O5/c4-1(8)6-7-3(10)12-11-2(5)9/h(H2,5,9)(H,7,10)(H3,4,6,8). The van der Waals surface area contributed by atoms with Crippen LogP contribution in [-0.4, -0.2) is 18.2 Å². The number of primary amides is 2. The Morgan fingerprint density at radius 1 is 1.00 bits per heavy atom. The highest BCUT2D eigenvalue weighted by atomic mass is 17.2. The second-order valence-electron chi connectivity index (χ2n) is 1.39. The van der Waals surface area contributed by atoms with E-state index in [4.69, 9.17) is 0 Å². The molecule has 0 rings (SSSR count). The van der Waals surface area contributed by atoms with Crippen LogP contribution in [0.1, 0.15) is 0 Å². The Hall–Kier alpha value is -2.19. The van der Waals surface area contributed by atoms with Crippen molar-refractivity contribution in [2.45, 2.75) is 0 Å². The quantitative estimate of drug-likeness (QED) is 0.258. The smallest absolute Gasteiger partial charge is 0.350 e. The van der Waals surface area contributed by atoms with Gasteiger partial charge in [0.05, 0.1) is 0 Å². The molecule has 0 radical (unpaired) electrons. The summed E-state index contributed by atoms with van der Waals surface area (Å²) < 4.78 is 0. The Bertz CT molecular complexity index is 183. The van der Waals surface area contributed by atoms with Gasteiger partial charge in [-0.15, -0.1) is 0 Å². The van der Waals surface area contributed by atoms with Gasteiger partial charge in [0.15, 0.2) is 0 Å². The summed E-state index contributed by atoms with van der Waals surface area (Å²) in [7, 11) is 0. The van der Waals surface area contributed by atoms with Gasteiger partial charge in [0, 0.05) is 0 Å².